The molecule has 0 radical (unpaired) electrons. The van der Waals surface area contributed by atoms with Crippen LogP contribution in [0.1, 0.15) is 48.5 Å². The number of carbonyl (C=O) groups excluding carboxylic acids is 1. The summed E-state index contributed by atoms with van der Waals surface area (Å²) >= 11 is 0. The zero-order chi connectivity index (χ0) is 11.5. The van der Waals surface area contributed by atoms with Gasteiger partial charge in [0.2, 0.25) is 0 Å². The molecular formula is C13H22O. The third kappa shape index (κ3) is 3.13. The van der Waals surface area contributed by atoms with Crippen molar-refractivity contribution in [3.05, 3.63) is 22.3 Å². The molecule has 0 saturated carbocycles. The molecule has 1 nitrogen and oxygen atoms in total. The van der Waals surface area contributed by atoms with Crippen molar-refractivity contribution in [3.8, 4) is 0 Å². The maximum atomic E-state index is 11.7. The highest BCUT2D eigenvalue weighted by molar-refractivity contribution is 5.97. The van der Waals surface area contributed by atoms with E-state index in [0.29, 0.717) is 0 Å². The molecule has 0 rings (SSSR count). The molecule has 0 aromatic heterocycles. The van der Waals surface area contributed by atoms with E-state index in [0.717, 1.165) is 11.1 Å². The molecule has 0 N–H and O–H groups in total. The van der Waals surface area contributed by atoms with Crippen molar-refractivity contribution in [2.24, 2.45) is 5.92 Å². The maximum absolute atomic E-state index is 11.7. The van der Waals surface area contributed by atoms with Crippen molar-refractivity contribution < 1.29 is 4.79 Å². The molecule has 0 spiro atoms. The van der Waals surface area contributed by atoms with E-state index in [4.69, 9.17) is 0 Å². The minimum Gasteiger partial charge on any atom is -0.294 e. The molecule has 0 unspecified atom stereocenters. The van der Waals surface area contributed by atoms with E-state index >= 15 is 0 Å². The molecule has 80 valence electrons. The second-order valence-electron chi connectivity index (χ2n) is 4.39. The molecule has 0 atom stereocenters. The van der Waals surface area contributed by atoms with Crippen molar-refractivity contribution in [1.29, 1.82) is 0 Å². The van der Waals surface area contributed by atoms with Crippen LogP contribution >= 0.6 is 0 Å². The molecule has 0 bridgehead atoms. The zero-order valence-corrected chi connectivity index (χ0v) is 10.5. The monoisotopic (exact) mass is 194 g/mol. The molecule has 0 aromatic carbocycles. The summed E-state index contributed by atoms with van der Waals surface area (Å²) in [4.78, 5) is 11.7. The Bertz CT molecular complexity index is 286. The summed E-state index contributed by atoms with van der Waals surface area (Å²) in [7, 11) is 0. The fourth-order valence-electron chi connectivity index (χ4n) is 1.27. The Hall–Kier alpha value is -0.850. The number of allylic oxidation sites excluding steroid dienone is 4. The van der Waals surface area contributed by atoms with Crippen molar-refractivity contribution in [1.82, 2.24) is 0 Å². The molecule has 0 aliphatic heterocycles. The third-order valence-corrected chi connectivity index (χ3v) is 2.77. The Morgan fingerprint density at radius 2 is 1.21 bits per heavy atom. The van der Waals surface area contributed by atoms with E-state index in [1.165, 1.54) is 11.1 Å². The summed E-state index contributed by atoms with van der Waals surface area (Å²) in [5.74, 6) is 0.345. The summed E-state index contributed by atoms with van der Waals surface area (Å²) in [6.45, 7) is 14.1. The number of ketones is 1. The van der Waals surface area contributed by atoms with Gasteiger partial charge >= 0.3 is 0 Å². The molecule has 0 saturated heterocycles. The van der Waals surface area contributed by atoms with Crippen LogP contribution in [0.15, 0.2) is 22.3 Å². The van der Waals surface area contributed by atoms with E-state index in [-0.39, 0.29) is 11.7 Å². The van der Waals surface area contributed by atoms with Gasteiger partial charge in [-0.2, -0.15) is 0 Å². The summed E-state index contributed by atoms with van der Waals surface area (Å²) in [5.41, 5.74) is 4.54. The van der Waals surface area contributed by atoms with Crippen molar-refractivity contribution in [2.45, 2.75) is 48.5 Å². The van der Waals surface area contributed by atoms with Crippen LogP contribution in [0.5, 0.6) is 0 Å². The largest absolute Gasteiger partial charge is 0.294 e. The quantitative estimate of drug-likeness (QED) is 0.492. The lowest BCUT2D eigenvalue weighted by molar-refractivity contribution is -0.118. The van der Waals surface area contributed by atoms with Gasteiger partial charge in [0.05, 0.1) is 0 Å². The predicted molar refractivity (Wildman–Crippen MR) is 62.3 cm³/mol. The van der Waals surface area contributed by atoms with Crippen LogP contribution < -0.4 is 0 Å². The van der Waals surface area contributed by atoms with Gasteiger partial charge in [-0.25, -0.2) is 0 Å². The van der Waals surface area contributed by atoms with Gasteiger partial charge in [0.15, 0.2) is 5.78 Å². The van der Waals surface area contributed by atoms with E-state index in [9.17, 15) is 4.79 Å². The smallest absolute Gasteiger partial charge is 0.161 e. The highest BCUT2D eigenvalue weighted by Crippen LogP contribution is 2.19. The second kappa shape index (κ2) is 5.14. The molecule has 0 amide bonds. The predicted octanol–water partition coefficient (Wildman–Crippen LogP) is 3.90. The SMILES string of the molecule is CC(C)=C(C)/C(C)=C(/C)C(=O)C(C)C. The third-order valence-electron chi connectivity index (χ3n) is 2.77. The van der Waals surface area contributed by atoms with Crippen LogP contribution in [-0.2, 0) is 4.79 Å². The Labute approximate surface area is 87.9 Å². The van der Waals surface area contributed by atoms with E-state index in [2.05, 4.69) is 20.8 Å². The Morgan fingerprint density at radius 1 is 0.786 bits per heavy atom. The normalized spacial score (nSPS) is 12.6. The van der Waals surface area contributed by atoms with Gasteiger partial charge in [-0.3, -0.25) is 4.79 Å². The average molecular weight is 194 g/mol. The van der Waals surface area contributed by atoms with E-state index in [1.807, 2.05) is 27.7 Å². The van der Waals surface area contributed by atoms with Gasteiger partial charge in [-0.05, 0) is 51.3 Å². The Balaban J connectivity index is 5.15. The number of hydrogen-bond donors (Lipinski definition) is 0. The van der Waals surface area contributed by atoms with E-state index in [1.54, 1.807) is 0 Å². The molecule has 14 heavy (non-hydrogen) atoms. The number of carbonyl (C=O) groups is 1. The van der Waals surface area contributed by atoms with Crippen molar-refractivity contribution in [3.63, 3.8) is 0 Å². The first-order valence-corrected chi connectivity index (χ1v) is 5.15. The number of rotatable bonds is 3. The summed E-state index contributed by atoms with van der Waals surface area (Å²) in [6.07, 6.45) is 0. The molecule has 0 heterocycles. The van der Waals surface area contributed by atoms with Crippen LogP contribution in [0.3, 0.4) is 0 Å². The first kappa shape index (κ1) is 13.2. The Morgan fingerprint density at radius 3 is 1.50 bits per heavy atom. The van der Waals surface area contributed by atoms with Crippen LogP contribution in [-0.4, -0.2) is 5.78 Å². The molecule has 0 aliphatic rings. The van der Waals surface area contributed by atoms with Crippen molar-refractivity contribution in [2.75, 3.05) is 0 Å². The van der Waals surface area contributed by atoms with Gasteiger partial charge in [0, 0.05) is 5.92 Å². The van der Waals surface area contributed by atoms with Gasteiger partial charge in [0.1, 0.15) is 0 Å². The van der Waals surface area contributed by atoms with Gasteiger partial charge in [0.25, 0.3) is 0 Å². The second-order valence-corrected chi connectivity index (χ2v) is 4.39. The van der Waals surface area contributed by atoms with Crippen LogP contribution in [0, 0.1) is 5.92 Å². The van der Waals surface area contributed by atoms with Gasteiger partial charge in [-0.1, -0.05) is 19.4 Å². The Kier molecular flexibility index (Phi) is 4.82. The first-order chi connectivity index (χ1) is 6.29. The minimum absolute atomic E-state index is 0.0925. The summed E-state index contributed by atoms with van der Waals surface area (Å²) < 4.78 is 0. The number of Topliss-reactive ketones (excluding diaryl/α,β-unsaturated/α-hetero) is 1. The van der Waals surface area contributed by atoms with Crippen LogP contribution in [0.2, 0.25) is 0 Å². The molecule has 0 aromatic rings. The van der Waals surface area contributed by atoms with Crippen LogP contribution in [0.4, 0.5) is 0 Å². The summed E-state index contributed by atoms with van der Waals surface area (Å²) in [5, 5.41) is 0. The average Bonchev–Trinajstić information content (AvgIpc) is 2.12. The fourth-order valence-corrected chi connectivity index (χ4v) is 1.27. The molecule has 0 aliphatic carbocycles. The lowest BCUT2D eigenvalue weighted by Gasteiger charge is -2.11. The lowest BCUT2D eigenvalue weighted by Crippen LogP contribution is -2.10. The van der Waals surface area contributed by atoms with Gasteiger partial charge < -0.3 is 0 Å². The lowest BCUT2D eigenvalue weighted by atomic mass is 9.93. The highest BCUT2D eigenvalue weighted by Gasteiger charge is 2.12. The first-order valence-electron chi connectivity index (χ1n) is 5.15. The highest BCUT2D eigenvalue weighted by atomic mass is 16.1. The minimum atomic E-state index is 0.0925. The van der Waals surface area contributed by atoms with Crippen LogP contribution in [0.25, 0.3) is 0 Å². The fraction of sp³-hybridized carbons (Fsp3) is 0.615. The number of hydrogen-bond acceptors (Lipinski definition) is 1. The maximum Gasteiger partial charge on any atom is 0.161 e. The molecule has 0 fully saturated rings. The standard InChI is InChI=1S/C13H22O/c1-8(2)10(5)11(6)12(7)13(14)9(3)4/h9H,1-7H3/b12-11-. The molecule has 1 heteroatoms. The van der Waals surface area contributed by atoms with Gasteiger partial charge in [-0.15, -0.1) is 0 Å². The zero-order valence-electron chi connectivity index (χ0n) is 10.5. The summed E-state index contributed by atoms with van der Waals surface area (Å²) in [6, 6.07) is 0. The van der Waals surface area contributed by atoms with Crippen molar-refractivity contribution >= 4 is 5.78 Å². The molecular weight excluding hydrogens is 172 g/mol. The topological polar surface area (TPSA) is 17.1 Å². The van der Waals surface area contributed by atoms with E-state index < -0.39 is 0 Å².